The Bertz CT molecular complexity index is 457. The molecule has 0 bridgehead atoms. The smallest absolute Gasteiger partial charge is 0.154 e. The number of rotatable bonds is 4. The number of aromatic nitrogens is 2. The van der Waals surface area contributed by atoms with Gasteiger partial charge in [0.2, 0.25) is 0 Å². The lowest BCUT2D eigenvalue weighted by molar-refractivity contribution is 0.158. The van der Waals surface area contributed by atoms with Crippen molar-refractivity contribution in [1.29, 1.82) is 0 Å². The molecule has 2 rings (SSSR count). The fraction of sp³-hybridized carbons (Fsp3) is 0.700. The quantitative estimate of drug-likeness (QED) is 0.726. The molecular weight excluding hydrogens is 242 g/mol. The third-order valence-electron chi connectivity index (χ3n) is 2.84. The lowest BCUT2D eigenvalue weighted by atomic mass is 10.2. The summed E-state index contributed by atoms with van der Waals surface area (Å²) in [5, 5.41) is 16.8. The van der Waals surface area contributed by atoms with Crippen LogP contribution in [0.2, 0.25) is 0 Å². The van der Waals surface area contributed by atoms with Crippen molar-refractivity contribution in [2.75, 3.05) is 11.5 Å². The van der Waals surface area contributed by atoms with E-state index in [0.29, 0.717) is 6.54 Å². The van der Waals surface area contributed by atoms with Gasteiger partial charge in [-0.15, -0.1) is 0 Å². The molecule has 17 heavy (non-hydrogen) atoms. The zero-order valence-corrected chi connectivity index (χ0v) is 10.5. The summed E-state index contributed by atoms with van der Waals surface area (Å²) >= 11 is 0. The van der Waals surface area contributed by atoms with Crippen molar-refractivity contribution < 1.29 is 13.5 Å². The van der Waals surface area contributed by atoms with Gasteiger partial charge < -0.3 is 10.4 Å². The van der Waals surface area contributed by atoms with Gasteiger partial charge in [-0.25, -0.2) is 8.42 Å². The van der Waals surface area contributed by atoms with Gasteiger partial charge in [-0.1, -0.05) is 0 Å². The molecule has 2 N–H and O–H groups in total. The van der Waals surface area contributed by atoms with E-state index >= 15 is 0 Å². The summed E-state index contributed by atoms with van der Waals surface area (Å²) in [4.78, 5) is 0. The van der Waals surface area contributed by atoms with Crippen molar-refractivity contribution in [2.45, 2.75) is 31.7 Å². The van der Waals surface area contributed by atoms with E-state index in [0.717, 1.165) is 0 Å². The number of hydrogen-bond donors (Lipinski definition) is 2. The average molecular weight is 259 g/mol. The van der Waals surface area contributed by atoms with Crippen molar-refractivity contribution >= 4 is 9.84 Å². The minimum Gasteiger partial charge on any atom is -0.390 e. The third kappa shape index (κ3) is 3.27. The Morgan fingerprint density at radius 2 is 2.35 bits per heavy atom. The summed E-state index contributed by atoms with van der Waals surface area (Å²) in [6, 6.07) is 1.52. The van der Waals surface area contributed by atoms with E-state index in [1.54, 1.807) is 10.9 Å². The maximum absolute atomic E-state index is 11.3. The van der Waals surface area contributed by atoms with E-state index in [4.69, 9.17) is 0 Å². The Morgan fingerprint density at radius 1 is 1.59 bits per heavy atom. The highest BCUT2D eigenvalue weighted by Crippen LogP contribution is 2.13. The van der Waals surface area contributed by atoms with Gasteiger partial charge in [0.05, 0.1) is 24.2 Å². The van der Waals surface area contributed by atoms with Gasteiger partial charge in [-0.2, -0.15) is 5.10 Å². The van der Waals surface area contributed by atoms with Crippen molar-refractivity contribution in [3.05, 3.63) is 18.5 Å². The molecule has 1 saturated heterocycles. The van der Waals surface area contributed by atoms with Crippen LogP contribution in [-0.4, -0.2) is 53.0 Å². The molecule has 0 spiro atoms. The predicted molar refractivity (Wildman–Crippen MR) is 63.3 cm³/mol. The number of nitrogens with zero attached hydrogens (tertiary/aromatic N) is 2. The predicted octanol–water partition coefficient (Wildman–Crippen LogP) is -0.981. The van der Waals surface area contributed by atoms with Crippen LogP contribution >= 0.6 is 0 Å². The molecule has 1 fully saturated rings. The largest absolute Gasteiger partial charge is 0.390 e. The van der Waals surface area contributed by atoms with E-state index in [1.807, 2.05) is 19.2 Å². The molecule has 0 aliphatic carbocycles. The molecule has 96 valence electrons. The van der Waals surface area contributed by atoms with Gasteiger partial charge in [0, 0.05) is 24.5 Å². The molecule has 3 atom stereocenters. The first-order valence-electron chi connectivity index (χ1n) is 5.58. The second-order valence-electron chi connectivity index (χ2n) is 4.55. The van der Waals surface area contributed by atoms with Crippen LogP contribution in [0.3, 0.4) is 0 Å². The van der Waals surface area contributed by atoms with Crippen LogP contribution in [0.4, 0.5) is 0 Å². The maximum atomic E-state index is 11.3. The molecule has 3 unspecified atom stereocenters. The van der Waals surface area contributed by atoms with Crippen LogP contribution in [0.25, 0.3) is 0 Å². The van der Waals surface area contributed by atoms with Crippen molar-refractivity contribution in [1.82, 2.24) is 15.1 Å². The normalized spacial score (nSPS) is 29.3. The first-order valence-corrected chi connectivity index (χ1v) is 7.40. The second kappa shape index (κ2) is 4.75. The standard InChI is InChI=1S/C10H17N3O3S/c1-8(5-13-4-2-3-11-13)12-9-6-17(15,16)7-10(9)14/h2-4,8-10,12,14H,5-7H2,1H3. The number of sulfone groups is 1. The molecule has 1 aliphatic heterocycles. The highest BCUT2D eigenvalue weighted by Gasteiger charge is 2.36. The second-order valence-corrected chi connectivity index (χ2v) is 6.70. The van der Waals surface area contributed by atoms with Gasteiger partial charge in [0.1, 0.15) is 0 Å². The summed E-state index contributed by atoms with van der Waals surface area (Å²) in [5.41, 5.74) is 0. The Balaban J connectivity index is 1.89. The first-order chi connectivity index (χ1) is 7.96. The van der Waals surface area contributed by atoms with Crippen molar-refractivity contribution in [3.8, 4) is 0 Å². The van der Waals surface area contributed by atoms with Crippen LogP contribution in [0.5, 0.6) is 0 Å². The van der Waals surface area contributed by atoms with Crippen LogP contribution in [-0.2, 0) is 16.4 Å². The van der Waals surface area contributed by atoms with Gasteiger partial charge in [0.15, 0.2) is 9.84 Å². The number of hydrogen-bond acceptors (Lipinski definition) is 5. The molecule has 6 nitrogen and oxygen atoms in total. The maximum Gasteiger partial charge on any atom is 0.154 e. The molecule has 1 aromatic heterocycles. The molecule has 2 heterocycles. The monoisotopic (exact) mass is 259 g/mol. The summed E-state index contributed by atoms with van der Waals surface area (Å²) in [5.74, 6) is -0.128. The van der Waals surface area contributed by atoms with Crippen LogP contribution < -0.4 is 5.32 Å². The van der Waals surface area contributed by atoms with Gasteiger partial charge in [-0.05, 0) is 13.0 Å². The molecule has 0 amide bonds. The van der Waals surface area contributed by atoms with Crippen molar-refractivity contribution in [2.24, 2.45) is 0 Å². The highest BCUT2D eigenvalue weighted by molar-refractivity contribution is 7.91. The molecule has 1 aromatic rings. The summed E-state index contributed by atoms with van der Waals surface area (Å²) in [7, 11) is -3.09. The number of nitrogens with one attached hydrogen (secondary N) is 1. The average Bonchev–Trinajstić information content (AvgIpc) is 2.75. The molecule has 0 radical (unpaired) electrons. The molecule has 7 heteroatoms. The lowest BCUT2D eigenvalue weighted by Gasteiger charge is -2.20. The van der Waals surface area contributed by atoms with E-state index in [1.165, 1.54) is 0 Å². The number of aliphatic hydroxyl groups is 1. The van der Waals surface area contributed by atoms with Gasteiger partial charge in [-0.3, -0.25) is 4.68 Å². The Kier molecular flexibility index (Phi) is 3.50. The summed E-state index contributed by atoms with van der Waals surface area (Å²) in [6.45, 7) is 2.59. The third-order valence-corrected chi connectivity index (χ3v) is 4.56. The Hall–Kier alpha value is -0.920. The molecule has 0 saturated carbocycles. The van der Waals surface area contributed by atoms with Crippen molar-refractivity contribution in [3.63, 3.8) is 0 Å². The summed E-state index contributed by atoms with van der Waals surface area (Å²) < 4.78 is 24.4. The molecular formula is C10H17N3O3S. The SMILES string of the molecule is CC(Cn1cccn1)NC1CS(=O)(=O)CC1O. The molecule has 0 aromatic carbocycles. The lowest BCUT2D eigenvalue weighted by Crippen LogP contribution is -2.45. The minimum absolute atomic E-state index is 0.0115. The summed E-state index contributed by atoms with van der Waals surface area (Å²) in [6.07, 6.45) is 2.74. The zero-order chi connectivity index (χ0) is 12.5. The van der Waals surface area contributed by atoms with Gasteiger partial charge in [0.25, 0.3) is 0 Å². The van der Waals surface area contributed by atoms with E-state index in [-0.39, 0.29) is 23.6 Å². The van der Waals surface area contributed by atoms with Gasteiger partial charge >= 0.3 is 0 Å². The van der Waals surface area contributed by atoms with E-state index < -0.39 is 15.9 Å². The first kappa shape index (κ1) is 12.5. The van der Waals surface area contributed by atoms with E-state index in [2.05, 4.69) is 10.4 Å². The number of aliphatic hydroxyl groups excluding tert-OH is 1. The highest BCUT2D eigenvalue weighted by atomic mass is 32.2. The fourth-order valence-corrected chi connectivity index (χ4v) is 3.85. The zero-order valence-electron chi connectivity index (χ0n) is 9.65. The Labute approximate surface area is 101 Å². The van der Waals surface area contributed by atoms with Crippen LogP contribution in [0, 0.1) is 0 Å². The fourth-order valence-electron chi connectivity index (χ4n) is 2.10. The minimum atomic E-state index is -3.09. The van der Waals surface area contributed by atoms with E-state index in [9.17, 15) is 13.5 Å². The van der Waals surface area contributed by atoms with Crippen LogP contribution in [0.15, 0.2) is 18.5 Å². The Morgan fingerprint density at radius 3 is 2.88 bits per heavy atom. The van der Waals surface area contributed by atoms with Crippen LogP contribution in [0.1, 0.15) is 6.92 Å². The topological polar surface area (TPSA) is 84.2 Å². The molecule has 1 aliphatic rings.